The second-order valence-electron chi connectivity index (χ2n) is 34.4. The fourth-order valence-electron chi connectivity index (χ4n) is 19.5. The fraction of sp³-hybridized carbons (Fsp3) is 0.440. The monoisotopic (exact) mass is 1830 g/mol. The molecule has 9 aliphatic heterocycles. The highest BCUT2D eigenvalue weighted by Gasteiger charge is 2.43. The Kier molecular flexibility index (Phi) is 25.7. The van der Waals surface area contributed by atoms with Gasteiger partial charge in [0.15, 0.2) is 0 Å². The number of anilines is 3. The first-order chi connectivity index (χ1) is 59.6. The third-order valence-electron chi connectivity index (χ3n) is 25.8. The average molecular weight is 1830 g/mol. The van der Waals surface area contributed by atoms with Crippen molar-refractivity contribution >= 4 is 138 Å². The predicted octanol–water partition coefficient (Wildman–Crippen LogP) is 16.1. The van der Waals surface area contributed by atoms with Crippen LogP contribution in [0.1, 0.15) is 95.6 Å². The van der Waals surface area contributed by atoms with Crippen LogP contribution in [0.25, 0.3) is 66.1 Å². The van der Waals surface area contributed by atoms with Gasteiger partial charge in [0.05, 0.1) is 49.7 Å². The molecule has 0 N–H and O–H groups in total. The van der Waals surface area contributed by atoms with Crippen LogP contribution in [0.2, 0.25) is 15.1 Å². The van der Waals surface area contributed by atoms with Crippen molar-refractivity contribution in [3.8, 4) is 33.4 Å². The molecule has 0 aliphatic carbocycles. The molecule has 6 fully saturated rings. The molecule has 6 aromatic carbocycles. The van der Waals surface area contributed by atoms with Crippen molar-refractivity contribution in [1.29, 1.82) is 0 Å². The van der Waals surface area contributed by atoms with Crippen molar-refractivity contribution in [3.05, 3.63) is 191 Å². The van der Waals surface area contributed by atoms with Gasteiger partial charge in [-0.05, 0) is 179 Å². The molecule has 34 heteroatoms. The summed E-state index contributed by atoms with van der Waals surface area (Å²) < 4.78 is 107. The minimum atomic E-state index is -0.874. The van der Waals surface area contributed by atoms with Gasteiger partial charge in [-0.25, -0.2) is 45.1 Å². The van der Waals surface area contributed by atoms with E-state index in [1.54, 1.807) is 51.9 Å². The summed E-state index contributed by atoms with van der Waals surface area (Å²) in [5.74, 6) is -1.67. The van der Waals surface area contributed by atoms with Gasteiger partial charge in [-0.2, -0.15) is 15.0 Å². The van der Waals surface area contributed by atoms with E-state index in [0.717, 1.165) is 125 Å². The van der Waals surface area contributed by atoms with Crippen molar-refractivity contribution in [3.63, 3.8) is 0 Å². The Morgan fingerprint density at radius 3 is 0.944 bits per heavy atom. The van der Waals surface area contributed by atoms with Crippen molar-refractivity contribution < 1.29 is 45.1 Å². The van der Waals surface area contributed by atoms with E-state index in [0.29, 0.717) is 126 Å². The van der Waals surface area contributed by atoms with E-state index in [1.165, 1.54) is 48.2 Å². The molecular formula is C91H97Cl3F7N15O6S3. The minimum Gasteiger partial charge on any atom is -0.349 e. The summed E-state index contributed by atoms with van der Waals surface area (Å²) in [5, 5.41) is 1.82. The van der Waals surface area contributed by atoms with Gasteiger partial charge >= 0.3 is 17.1 Å². The molecule has 9 atom stereocenters. The number of carbonyl (C=O) groups excluding carboxylic acids is 3. The Hall–Kier alpha value is -8.92. The number of halogens is 10. The van der Waals surface area contributed by atoms with E-state index < -0.39 is 46.8 Å². The number of thioether (sulfide) groups is 3. The Bertz CT molecular complexity index is 6130. The van der Waals surface area contributed by atoms with Gasteiger partial charge in [0, 0.05) is 208 Å². The summed E-state index contributed by atoms with van der Waals surface area (Å²) in [5.41, 5.74) is 5.51. The summed E-state index contributed by atoms with van der Waals surface area (Å²) in [7, 11) is 0. The van der Waals surface area contributed by atoms with Crippen LogP contribution >= 0.6 is 70.1 Å². The van der Waals surface area contributed by atoms with Gasteiger partial charge < -0.3 is 39.2 Å². The van der Waals surface area contributed by atoms with E-state index >= 15 is 13.2 Å². The highest BCUT2D eigenvalue weighted by Crippen LogP contribution is 2.52. The number of alkyl halides is 1. The van der Waals surface area contributed by atoms with Crippen LogP contribution in [0.4, 0.5) is 48.2 Å². The van der Waals surface area contributed by atoms with Crippen molar-refractivity contribution in [1.82, 2.24) is 58.1 Å². The lowest BCUT2D eigenvalue weighted by Gasteiger charge is -2.45. The number of benzene rings is 6. The molecule has 21 nitrogen and oxygen atoms in total. The third-order valence-corrected chi connectivity index (χ3v) is 30.4. The number of hydrogen-bond donors (Lipinski definition) is 0. The van der Waals surface area contributed by atoms with Crippen molar-refractivity contribution in [2.75, 3.05) is 130 Å². The highest BCUT2D eigenvalue weighted by atomic mass is 35.5. The number of likely N-dealkylation sites (tertiary alicyclic amines) is 3. The number of aryl methyl sites for hydroxylation is 3. The van der Waals surface area contributed by atoms with Gasteiger partial charge in [0.25, 0.3) is 0 Å². The number of nitrogens with zero attached hydrogens (tertiary/aromatic N) is 15. The van der Waals surface area contributed by atoms with E-state index in [4.69, 9.17) is 39.8 Å². The smallest absolute Gasteiger partial charge is 0.349 e. The summed E-state index contributed by atoms with van der Waals surface area (Å²) >= 11 is 23.0. The van der Waals surface area contributed by atoms with Crippen LogP contribution in [0, 0.1) is 55.7 Å². The first kappa shape index (κ1) is 89.5. The maximum absolute atomic E-state index is 15.3. The molecule has 9 aromatic rings. The lowest BCUT2D eigenvalue weighted by atomic mass is 9.96. The molecule has 3 amide bonds. The summed E-state index contributed by atoms with van der Waals surface area (Å²) in [6.45, 7) is 37.8. The molecule has 125 heavy (non-hydrogen) atoms. The minimum absolute atomic E-state index is 0.0973. The quantitative estimate of drug-likeness (QED) is 0.0535. The first-order valence-electron chi connectivity index (χ1n) is 42.2. The summed E-state index contributed by atoms with van der Waals surface area (Å²) in [6, 6.07) is 10.9. The molecule has 0 spiro atoms. The largest absolute Gasteiger partial charge is 0.350 e. The first-order valence-corrected chi connectivity index (χ1v) is 46.3. The van der Waals surface area contributed by atoms with Gasteiger partial charge in [0.2, 0.25) is 17.7 Å². The average Bonchev–Trinajstić information content (AvgIpc) is 0.841. The van der Waals surface area contributed by atoms with Crippen LogP contribution in [0.5, 0.6) is 0 Å². The Balaban J connectivity index is 0.000000138. The van der Waals surface area contributed by atoms with Crippen molar-refractivity contribution in [2.24, 2.45) is 0 Å². The van der Waals surface area contributed by atoms with E-state index in [1.807, 2.05) is 90.3 Å². The van der Waals surface area contributed by atoms with Gasteiger partial charge in [-0.3, -0.25) is 33.0 Å². The Labute approximate surface area is 747 Å². The molecule has 9 aliphatic rings. The zero-order valence-electron chi connectivity index (χ0n) is 70.8. The molecule has 3 unspecified atom stereocenters. The van der Waals surface area contributed by atoms with E-state index in [-0.39, 0.29) is 115 Å². The molecular weight excluding hydrogens is 1730 g/mol. The zero-order chi connectivity index (χ0) is 89.1. The normalized spacial score (nSPS) is 22.7. The van der Waals surface area contributed by atoms with Crippen molar-refractivity contribution in [2.45, 2.75) is 157 Å². The highest BCUT2D eigenvalue weighted by molar-refractivity contribution is 8.00. The molecule has 0 saturated carbocycles. The maximum atomic E-state index is 15.3. The molecule has 6 saturated heterocycles. The number of hydrogen-bond acceptors (Lipinski definition) is 18. The predicted molar refractivity (Wildman–Crippen MR) is 485 cm³/mol. The number of amides is 3. The maximum Gasteiger partial charge on any atom is 0.350 e. The standard InChI is InChI=1S/C31H34ClF2N5O2S.C30H31ClF3N5O2S.C30H32ClF2N5O2S/c1-5-26(40)37-13-19(4)38(14-18(37)3)30-22-10-17(2)27(21-11-23(32)25(34)12-24(21)33)29-28(22)39(31(41)35-30)20(16-42-29)15-36-8-6-7-9-36;1-5-25(40)37-9-17(4)38(10-16(37)3)29-21-6-15(2)26(20-7-22(31)24(34)8-23(20)33)28-27(21)39(30(41)35-29)19(14-42-28)13-36-11-18(32)12-36;1-5-25(39)36-12-18(4)37(13-17(36)3)29-21-9-16(2)26(20-10-22(31)24(33)11-23(20)32)28-27(21)38(30(40)34-29)19(15-41-28)14-35-7-6-8-35/h5,10-12,18-20H,1,6-9,13-16H2,2-4H3;5-8,16-19H,1,9-14H2,2-4H3;5,9-11,17-19H,1,6-8,12-15H2,2-4H3/t18-,19+,20?;16-,17+,19?;17-,18+,19?/m111/s1. The lowest BCUT2D eigenvalue weighted by Crippen LogP contribution is -2.58. The number of piperazine rings is 3. The van der Waals surface area contributed by atoms with Gasteiger partial charge in [-0.1, -0.05) is 54.5 Å². The third kappa shape index (κ3) is 16.7. The second-order valence-corrected chi connectivity index (χ2v) is 38.7. The molecule has 660 valence electrons. The lowest BCUT2D eigenvalue weighted by molar-refractivity contribution is -0.129. The topological polar surface area (TPSA) is 185 Å². The van der Waals surface area contributed by atoms with Crippen LogP contribution in [0.3, 0.4) is 0 Å². The molecule has 0 radical (unpaired) electrons. The van der Waals surface area contributed by atoms with E-state index in [9.17, 15) is 46.3 Å². The number of aromatic nitrogens is 6. The van der Waals surface area contributed by atoms with Crippen LogP contribution in [0.15, 0.2) is 122 Å². The molecule has 12 heterocycles. The van der Waals surface area contributed by atoms with E-state index in [2.05, 4.69) is 49.3 Å². The SMILES string of the molecule is C=CC(=O)N1C[C@H](C)N(c2nc(=O)n3c4c(c(-c5cc(Cl)c(F)cc5F)c(C)cc24)SCC3CN2CC(F)C2)C[C@H]1C.C=CC(=O)N1C[C@H](C)N(c2nc(=O)n3c4c(c(-c5cc(Cl)c(F)cc5F)c(C)cc24)SCC3CN2CCC2)C[C@H]1C.C=CC(=O)N1C[C@H](C)N(c2nc(=O)n3c4c(c(-c5cc(Cl)c(F)cc5F)c(C)cc24)SCC3CN2CCCC2)C[C@H]1C. The fourth-order valence-corrected chi connectivity index (χ4v) is 24.1. The second kappa shape index (κ2) is 36.0. The summed E-state index contributed by atoms with van der Waals surface area (Å²) in [6.07, 6.45) is 6.51. The molecule has 0 bridgehead atoms. The molecule has 3 aromatic heterocycles. The number of rotatable bonds is 15. The van der Waals surface area contributed by atoms with Crippen LogP contribution < -0.4 is 31.8 Å². The number of carbonyl (C=O) groups is 3. The summed E-state index contributed by atoms with van der Waals surface area (Å²) in [4.78, 5) is 114. The van der Waals surface area contributed by atoms with Crippen LogP contribution in [-0.2, 0) is 14.4 Å². The molecule has 18 rings (SSSR count). The Morgan fingerprint density at radius 2 is 0.680 bits per heavy atom. The van der Waals surface area contributed by atoms with Gasteiger partial charge in [-0.15, -0.1) is 35.3 Å². The Morgan fingerprint density at radius 1 is 0.400 bits per heavy atom. The van der Waals surface area contributed by atoms with Gasteiger partial charge in [0.1, 0.15) is 58.5 Å². The van der Waals surface area contributed by atoms with Crippen LogP contribution in [-0.4, -0.2) is 234 Å². The zero-order valence-corrected chi connectivity index (χ0v) is 75.6.